The van der Waals surface area contributed by atoms with Crippen molar-refractivity contribution < 1.29 is 51.3 Å². The van der Waals surface area contributed by atoms with Crippen LogP contribution in [0.3, 0.4) is 0 Å². The monoisotopic (exact) mass is 905 g/mol. The SMILES string of the molecule is C=C[C@@H]1C[C@]1(NC(=O)[C@@H]1C[C@@H]2CN1C(=O)[C@H](C1CCCC1)NC(=O)O[C@@H]1CCC[C@H]1CC/C=C/Cc1c(nc3ccccc3c1OCCCOCCOC)O2)C(=O)NS(=O)(=O)C1CC1. The summed E-state index contributed by atoms with van der Waals surface area (Å²) in [5.74, 6) is -1.52. The van der Waals surface area contributed by atoms with Crippen LogP contribution in [0.5, 0.6) is 11.6 Å². The number of hydrogen-bond acceptors (Lipinski definition) is 12. The lowest BCUT2D eigenvalue weighted by atomic mass is 9.96. The number of ether oxygens (including phenoxy) is 5. The summed E-state index contributed by atoms with van der Waals surface area (Å²) < 4.78 is 58.3. The Bertz CT molecular complexity index is 2190. The first-order valence-corrected chi connectivity index (χ1v) is 24.8. The number of amides is 4. The third-order valence-corrected chi connectivity index (χ3v) is 15.7. The fourth-order valence-electron chi connectivity index (χ4n) is 10.0. The number of nitrogens with one attached hydrogen (secondary N) is 3. The number of carbonyl (C=O) groups is 4. The predicted octanol–water partition coefficient (Wildman–Crippen LogP) is 5.03. The van der Waals surface area contributed by atoms with Crippen molar-refractivity contribution in [2.45, 2.75) is 131 Å². The largest absolute Gasteiger partial charge is 0.492 e. The maximum atomic E-state index is 15.1. The molecular formula is C47H63N5O11S. The number of benzene rings is 1. The van der Waals surface area contributed by atoms with Crippen LogP contribution < -0.4 is 24.8 Å². The smallest absolute Gasteiger partial charge is 0.408 e. The number of fused-ring (bicyclic) bond motifs is 5. The lowest BCUT2D eigenvalue weighted by molar-refractivity contribution is -0.142. The van der Waals surface area contributed by atoms with Crippen LogP contribution in [-0.2, 0) is 45.0 Å². The van der Waals surface area contributed by atoms with Crippen molar-refractivity contribution in [2.75, 3.05) is 40.1 Å². The highest BCUT2D eigenvalue weighted by Gasteiger charge is 2.62. The van der Waals surface area contributed by atoms with Crippen molar-refractivity contribution in [2.24, 2.45) is 17.8 Å². The van der Waals surface area contributed by atoms with Crippen molar-refractivity contribution in [3.63, 3.8) is 0 Å². The van der Waals surface area contributed by atoms with E-state index in [-0.39, 0.29) is 37.3 Å². The maximum Gasteiger partial charge on any atom is 0.408 e. The van der Waals surface area contributed by atoms with Crippen LogP contribution in [0.1, 0.15) is 95.5 Å². The quantitative estimate of drug-likeness (QED) is 0.159. The van der Waals surface area contributed by atoms with Gasteiger partial charge in [0.2, 0.25) is 27.7 Å². The Balaban J connectivity index is 1.14. The predicted molar refractivity (Wildman–Crippen MR) is 237 cm³/mol. The normalized spacial score (nSPS) is 29.3. The molecule has 1 aromatic heterocycles. The summed E-state index contributed by atoms with van der Waals surface area (Å²) in [5.41, 5.74) is -0.195. The van der Waals surface area contributed by atoms with Crippen molar-refractivity contribution in [3.05, 3.63) is 54.6 Å². The van der Waals surface area contributed by atoms with E-state index in [1.807, 2.05) is 24.3 Å². The molecule has 3 heterocycles. The van der Waals surface area contributed by atoms with Crippen LogP contribution in [0.2, 0.25) is 0 Å². The van der Waals surface area contributed by atoms with Crippen molar-refractivity contribution in [1.29, 1.82) is 0 Å². The van der Waals surface area contributed by atoms with Crippen LogP contribution in [-0.4, -0.2) is 117 Å². The van der Waals surface area contributed by atoms with E-state index in [0.29, 0.717) is 82.1 Å². The van der Waals surface area contributed by atoms with Gasteiger partial charge in [0.1, 0.15) is 35.6 Å². The Hall–Kier alpha value is -4.74. The first kappa shape index (κ1) is 45.8. The molecule has 5 fully saturated rings. The van der Waals surface area contributed by atoms with E-state index in [2.05, 4.69) is 34.1 Å². The van der Waals surface area contributed by atoms with Gasteiger partial charge in [-0.15, -0.1) is 6.58 Å². The molecule has 348 valence electrons. The van der Waals surface area contributed by atoms with Gasteiger partial charge in [-0.25, -0.2) is 18.2 Å². The molecule has 1 aromatic carbocycles. The number of hydrogen-bond donors (Lipinski definition) is 3. The van der Waals surface area contributed by atoms with Gasteiger partial charge >= 0.3 is 6.09 Å². The van der Waals surface area contributed by atoms with Gasteiger partial charge in [-0.1, -0.05) is 43.2 Å². The average Bonchev–Trinajstić information content (AvgIpc) is 4.07. The molecule has 8 rings (SSSR count). The second-order valence-electron chi connectivity index (χ2n) is 18.3. The molecular weight excluding hydrogens is 843 g/mol. The van der Waals surface area contributed by atoms with Crippen molar-refractivity contribution in [1.82, 2.24) is 25.2 Å². The number of aromatic nitrogens is 1. The number of sulfonamides is 1. The number of alkyl carbamates (subject to hydrolysis) is 1. The molecule has 7 atom stereocenters. The number of rotatable bonds is 15. The van der Waals surface area contributed by atoms with Crippen molar-refractivity contribution in [3.8, 4) is 11.6 Å². The number of methoxy groups -OCH3 is 1. The number of nitrogens with zero attached hydrogens (tertiary/aromatic N) is 2. The molecule has 64 heavy (non-hydrogen) atoms. The third-order valence-electron chi connectivity index (χ3n) is 13.8. The lowest BCUT2D eigenvalue weighted by Crippen LogP contribution is -2.59. The molecule has 0 unspecified atom stereocenters. The Labute approximate surface area is 375 Å². The molecule has 4 aliphatic carbocycles. The Morgan fingerprint density at radius 2 is 1.78 bits per heavy atom. The molecule has 16 nitrogen and oxygen atoms in total. The minimum atomic E-state index is -3.92. The molecule has 2 bridgehead atoms. The zero-order valence-corrected chi connectivity index (χ0v) is 37.6. The Morgan fingerprint density at radius 3 is 2.55 bits per heavy atom. The first-order valence-electron chi connectivity index (χ1n) is 23.2. The van der Waals surface area contributed by atoms with E-state index in [1.54, 1.807) is 7.11 Å². The molecule has 0 spiro atoms. The summed E-state index contributed by atoms with van der Waals surface area (Å²) in [5, 5.41) is 6.01. The molecule has 1 saturated heterocycles. The summed E-state index contributed by atoms with van der Waals surface area (Å²) in [6, 6.07) is 5.56. The van der Waals surface area contributed by atoms with E-state index >= 15 is 4.79 Å². The van der Waals surface area contributed by atoms with Crippen LogP contribution in [0.25, 0.3) is 10.9 Å². The first-order chi connectivity index (χ1) is 31.0. The summed E-state index contributed by atoms with van der Waals surface area (Å²) in [6.45, 7) is 5.65. The van der Waals surface area contributed by atoms with Gasteiger partial charge in [0.05, 0.1) is 42.7 Å². The molecule has 2 aromatic rings. The molecule has 6 aliphatic rings. The molecule has 4 amide bonds. The van der Waals surface area contributed by atoms with Crippen molar-refractivity contribution >= 4 is 44.7 Å². The minimum absolute atomic E-state index is 0.0266. The minimum Gasteiger partial charge on any atom is -0.492 e. The van der Waals surface area contributed by atoms with Gasteiger partial charge in [-0.2, -0.15) is 0 Å². The average molecular weight is 906 g/mol. The van der Waals surface area contributed by atoms with E-state index in [9.17, 15) is 22.8 Å². The second kappa shape index (κ2) is 20.2. The maximum absolute atomic E-state index is 15.1. The second-order valence-corrected chi connectivity index (χ2v) is 20.2. The van der Waals surface area contributed by atoms with Crippen LogP contribution in [0.15, 0.2) is 49.1 Å². The zero-order valence-electron chi connectivity index (χ0n) is 36.8. The summed E-state index contributed by atoms with van der Waals surface area (Å²) in [7, 11) is -2.29. The number of pyridine rings is 1. The molecule has 2 aliphatic heterocycles. The highest BCUT2D eigenvalue weighted by atomic mass is 32.2. The summed E-state index contributed by atoms with van der Waals surface area (Å²) in [6.07, 6.45) is 13.6. The molecule has 3 N–H and O–H groups in total. The number of carbonyl (C=O) groups excluding carboxylic acids is 4. The van der Waals surface area contributed by atoms with Gasteiger partial charge in [0, 0.05) is 37.9 Å². The molecule has 0 radical (unpaired) electrons. The van der Waals surface area contributed by atoms with Gasteiger partial charge in [0.15, 0.2) is 0 Å². The topological polar surface area (TPSA) is 201 Å². The van der Waals surface area contributed by atoms with Gasteiger partial charge in [0.25, 0.3) is 5.91 Å². The van der Waals surface area contributed by atoms with E-state index < -0.39 is 68.7 Å². The van der Waals surface area contributed by atoms with E-state index in [0.717, 1.165) is 55.9 Å². The fraction of sp³-hybridized carbons (Fsp3) is 0.638. The Morgan fingerprint density at radius 1 is 0.984 bits per heavy atom. The van der Waals surface area contributed by atoms with Crippen LogP contribution in [0, 0.1) is 17.8 Å². The van der Waals surface area contributed by atoms with E-state index in [1.165, 1.54) is 11.0 Å². The van der Waals surface area contributed by atoms with Crippen LogP contribution in [0.4, 0.5) is 4.79 Å². The zero-order chi connectivity index (χ0) is 44.8. The van der Waals surface area contributed by atoms with Crippen LogP contribution >= 0.6 is 0 Å². The highest BCUT2D eigenvalue weighted by Crippen LogP contribution is 2.46. The number of para-hydroxylation sites is 1. The highest BCUT2D eigenvalue weighted by molar-refractivity contribution is 7.91. The number of allylic oxidation sites excluding steroid dienone is 2. The van der Waals surface area contributed by atoms with Gasteiger partial charge in [-0.3, -0.25) is 19.1 Å². The van der Waals surface area contributed by atoms with E-state index in [4.69, 9.17) is 28.7 Å². The fourth-order valence-corrected chi connectivity index (χ4v) is 11.4. The Kier molecular flexibility index (Phi) is 14.5. The summed E-state index contributed by atoms with van der Waals surface area (Å²) in [4.78, 5) is 63.7. The standard InChI is InChI=1S/C47H63N5O11S/c1-3-32-28-47(32,45(55)51-64(57,58)34-21-22-34)50-42(53)38-27-33-29-52(38)44(54)40(31-14-7-8-15-31)49-46(56)63-39-20-11-16-30(39)13-5-4-6-18-36-41(61-24-12-23-60-26-25-59-2)35-17-9-10-19-37(35)48-43(36)62-33/h3-4,6,9-10,17,19,30-34,38-40H,1,5,7-8,11-16,18,20-29H2,2H3,(H,49,56)(H,50,53)(H,51,55)/b6-4+/t30-,32-,33-,38+,39-,40+,47-/m1/s1. The molecule has 4 saturated carbocycles. The molecule has 17 heteroatoms. The van der Waals surface area contributed by atoms with Gasteiger partial charge < -0.3 is 39.2 Å². The lowest BCUT2D eigenvalue weighted by Gasteiger charge is -2.32. The van der Waals surface area contributed by atoms with Gasteiger partial charge in [-0.05, 0) is 94.6 Å². The third kappa shape index (κ3) is 10.4. The summed E-state index contributed by atoms with van der Waals surface area (Å²) >= 11 is 0.